The Morgan fingerprint density at radius 3 is 2.53 bits per heavy atom. The SMILES string of the molecule is COC(=O)c1ccc(OCCCF)cc1. The van der Waals surface area contributed by atoms with Crippen LogP contribution in [0.4, 0.5) is 4.39 Å². The first kappa shape index (κ1) is 11.5. The van der Waals surface area contributed by atoms with E-state index in [0.29, 0.717) is 24.3 Å². The predicted octanol–water partition coefficient (Wildman–Crippen LogP) is 2.21. The average Bonchev–Trinajstić information content (AvgIpc) is 2.29. The van der Waals surface area contributed by atoms with Gasteiger partial charge in [0.1, 0.15) is 5.75 Å². The number of alkyl halides is 1. The Hall–Kier alpha value is -1.58. The van der Waals surface area contributed by atoms with Crippen molar-refractivity contribution in [2.24, 2.45) is 0 Å². The maximum Gasteiger partial charge on any atom is 0.337 e. The second kappa shape index (κ2) is 6.01. The summed E-state index contributed by atoms with van der Waals surface area (Å²) >= 11 is 0. The Labute approximate surface area is 87.8 Å². The molecule has 0 aliphatic carbocycles. The van der Waals surface area contributed by atoms with E-state index in [2.05, 4.69) is 4.74 Å². The Kier molecular flexibility index (Phi) is 4.60. The molecule has 0 aliphatic rings. The topological polar surface area (TPSA) is 35.5 Å². The molecule has 1 rings (SSSR count). The van der Waals surface area contributed by atoms with E-state index in [1.807, 2.05) is 0 Å². The lowest BCUT2D eigenvalue weighted by Gasteiger charge is -2.05. The zero-order valence-corrected chi connectivity index (χ0v) is 8.53. The molecule has 4 heteroatoms. The van der Waals surface area contributed by atoms with Crippen LogP contribution in [0.2, 0.25) is 0 Å². The third kappa shape index (κ3) is 3.58. The van der Waals surface area contributed by atoms with Crippen molar-refractivity contribution in [3.8, 4) is 5.75 Å². The Bertz CT molecular complexity index is 308. The summed E-state index contributed by atoms with van der Waals surface area (Å²) in [6.07, 6.45) is 0.374. The minimum absolute atomic E-state index is 0.341. The molecule has 0 aliphatic heterocycles. The molecule has 0 bridgehead atoms. The summed E-state index contributed by atoms with van der Waals surface area (Å²) in [6.45, 7) is -0.0473. The van der Waals surface area contributed by atoms with Crippen LogP contribution < -0.4 is 4.74 Å². The molecule has 0 radical (unpaired) electrons. The van der Waals surface area contributed by atoms with E-state index in [4.69, 9.17) is 4.74 Å². The lowest BCUT2D eigenvalue weighted by atomic mass is 10.2. The first-order chi connectivity index (χ1) is 7.27. The Balaban J connectivity index is 2.52. The molecule has 0 unspecified atom stereocenters. The van der Waals surface area contributed by atoms with Gasteiger partial charge in [0, 0.05) is 6.42 Å². The quantitative estimate of drug-likeness (QED) is 0.554. The molecule has 0 amide bonds. The van der Waals surface area contributed by atoms with Crippen molar-refractivity contribution < 1.29 is 18.7 Å². The van der Waals surface area contributed by atoms with E-state index in [-0.39, 0.29) is 12.6 Å². The predicted molar refractivity (Wildman–Crippen MR) is 53.9 cm³/mol. The summed E-state index contributed by atoms with van der Waals surface area (Å²) in [5.74, 6) is 0.237. The monoisotopic (exact) mass is 212 g/mol. The van der Waals surface area contributed by atoms with Crippen molar-refractivity contribution in [2.45, 2.75) is 6.42 Å². The normalized spacial score (nSPS) is 9.73. The average molecular weight is 212 g/mol. The number of carbonyl (C=O) groups excluding carboxylic acids is 1. The molecular formula is C11H13FO3. The highest BCUT2D eigenvalue weighted by atomic mass is 19.1. The van der Waals surface area contributed by atoms with Crippen molar-refractivity contribution in [2.75, 3.05) is 20.4 Å². The highest BCUT2D eigenvalue weighted by molar-refractivity contribution is 5.89. The van der Waals surface area contributed by atoms with Crippen molar-refractivity contribution in [3.05, 3.63) is 29.8 Å². The summed E-state index contributed by atoms with van der Waals surface area (Å²) in [5, 5.41) is 0. The van der Waals surface area contributed by atoms with Crippen molar-refractivity contribution >= 4 is 5.97 Å². The number of rotatable bonds is 5. The zero-order valence-electron chi connectivity index (χ0n) is 8.53. The van der Waals surface area contributed by atoms with Gasteiger partial charge in [-0.3, -0.25) is 4.39 Å². The molecule has 0 aromatic heterocycles. The van der Waals surface area contributed by atoms with Gasteiger partial charge in [0.2, 0.25) is 0 Å². The summed E-state index contributed by atoms with van der Waals surface area (Å²) in [4.78, 5) is 11.1. The highest BCUT2D eigenvalue weighted by Crippen LogP contribution is 2.12. The minimum Gasteiger partial charge on any atom is -0.493 e. The molecule has 0 spiro atoms. The van der Waals surface area contributed by atoms with Crippen LogP contribution in [-0.4, -0.2) is 26.4 Å². The van der Waals surface area contributed by atoms with Gasteiger partial charge in [-0.25, -0.2) is 4.79 Å². The maximum atomic E-state index is 11.8. The van der Waals surface area contributed by atoms with Crippen LogP contribution in [0.25, 0.3) is 0 Å². The van der Waals surface area contributed by atoms with Crippen LogP contribution in [0.15, 0.2) is 24.3 Å². The first-order valence-corrected chi connectivity index (χ1v) is 4.65. The number of hydrogen-bond acceptors (Lipinski definition) is 3. The van der Waals surface area contributed by atoms with Gasteiger partial charge < -0.3 is 9.47 Å². The maximum absolute atomic E-state index is 11.8. The summed E-state index contributed by atoms with van der Waals surface area (Å²) in [5.41, 5.74) is 0.468. The number of halogens is 1. The lowest BCUT2D eigenvalue weighted by molar-refractivity contribution is 0.0600. The first-order valence-electron chi connectivity index (χ1n) is 4.65. The molecule has 1 aromatic carbocycles. The van der Waals surface area contributed by atoms with Gasteiger partial charge in [0.05, 0.1) is 26.0 Å². The fraction of sp³-hybridized carbons (Fsp3) is 0.364. The lowest BCUT2D eigenvalue weighted by Crippen LogP contribution is -2.02. The number of methoxy groups -OCH3 is 1. The van der Waals surface area contributed by atoms with Crippen LogP contribution in [0.5, 0.6) is 5.75 Å². The molecule has 0 fully saturated rings. The fourth-order valence-electron chi connectivity index (χ4n) is 1.05. The molecule has 0 atom stereocenters. The van der Waals surface area contributed by atoms with Crippen molar-refractivity contribution in [1.29, 1.82) is 0 Å². The number of ether oxygens (including phenoxy) is 2. The smallest absolute Gasteiger partial charge is 0.337 e. The number of esters is 1. The van der Waals surface area contributed by atoms with Gasteiger partial charge in [-0.2, -0.15) is 0 Å². The van der Waals surface area contributed by atoms with E-state index in [1.54, 1.807) is 24.3 Å². The van der Waals surface area contributed by atoms with Gasteiger partial charge >= 0.3 is 5.97 Å². The van der Waals surface area contributed by atoms with Crippen LogP contribution in [0, 0.1) is 0 Å². The van der Waals surface area contributed by atoms with Crippen LogP contribution >= 0.6 is 0 Å². The molecular weight excluding hydrogens is 199 g/mol. The van der Waals surface area contributed by atoms with Crippen LogP contribution in [0.3, 0.4) is 0 Å². The van der Waals surface area contributed by atoms with Gasteiger partial charge in [-0.15, -0.1) is 0 Å². The second-order valence-corrected chi connectivity index (χ2v) is 2.91. The summed E-state index contributed by atoms with van der Waals surface area (Å²) < 4.78 is 21.5. The molecule has 0 saturated carbocycles. The van der Waals surface area contributed by atoms with Crippen LogP contribution in [-0.2, 0) is 4.74 Å². The Morgan fingerprint density at radius 1 is 1.33 bits per heavy atom. The fourth-order valence-corrected chi connectivity index (χ4v) is 1.05. The second-order valence-electron chi connectivity index (χ2n) is 2.91. The van der Waals surface area contributed by atoms with Crippen molar-refractivity contribution in [3.63, 3.8) is 0 Å². The van der Waals surface area contributed by atoms with Gasteiger partial charge in [-0.05, 0) is 24.3 Å². The Morgan fingerprint density at radius 2 is 2.00 bits per heavy atom. The van der Waals surface area contributed by atoms with E-state index >= 15 is 0 Å². The summed E-state index contributed by atoms with van der Waals surface area (Å²) in [7, 11) is 1.33. The van der Waals surface area contributed by atoms with Gasteiger partial charge in [0.25, 0.3) is 0 Å². The number of carbonyl (C=O) groups is 1. The van der Waals surface area contributed by atoms with E-state index in [1.165, 1.54) is 7.11 Å². The largest absolute Gasteiger partial charge is 0.493 e. The molecule has 0 saturated heterocycles. The van der Waals surface area contributed by atoms with Crippen molar-refractivity contribution in [1.82, 2.24) is 0 Å². The third-order valence-electron chi connectivity index (χ3n) is 1.82. The van der Waals surface area contributed by atoms with E-state index in [9.17, 15) is 9.18 Å². The highest BCUT2D eigenvalue weighted by Gasteiger charge is 2.04. The molecule has 82 valence electrons. The zero-order chi connectivity index (χ0) is 11.1. The molecule has 1 aromatic rings. The minimum atomic E-state index is -0.389. The summed E-state index contributed by atoms with van der Waals surface area (Å²) in [6, 6.07) is 6.53. The van der Waals surface area contributed by atoms with Gasteiger partial charge in [0.15, 0.2) is 0 Å². The number of benzene rings is 1. The third-order valence-corrected chi connectivity index (χ3v) is 1.82. The van der Waals surface area contributed by atoms with E-state index in [0.717, 1.165) is 0 Å². The number of hydrogen-bond donors (Lipinski definition) is 0. The van der Waals surface area contributed by atoms with E-state index < -0.39 is 0 Å². The molecule has 0 heterocycles. The molecule has 3 nitrogen and oxygen atoms in total. The van der Waals surface area contributed by atoms with Gasteiger partial charge in [-0.1, -0.05) is 0 Å². The standard InChI is InChI=1S/C11H13FO3/c1-14-11(13)9-3-5-10(6-4-9)15-8-2-7-12/h3-6H,2,7-8H2,1H3. The molecule has 15 heavy (non-hydrogen) atoms. The molecule has 0 N–H and O–H groups in total. The van der Waals surface area contributed by atoms with Crippen LogP contribution in [0.1, 0.15) is 16.8 Å².